The second-order valence-electron chi connectivity index (χ2n) is 5.38. The van der Waals surface area contributed by atoms with E-state index in [1.54, 1.807) is 24.1 Å². The summed E-state index contributed by atoms with van der Waals surface area (Å²) in [6.07, 6.45) is 3.32. The Morgan fingerprint density at radius 3 is 2.70 bits per heavy atom. The number of anilines is 3. The van der Waals surface area contributed by atoms with Gasteiger partial charge in [0, 0.05) is 26.3 Å². The van der Waals surface area contributed by atoms with Gasteiger partial charge in [-0.1, -0.05) is 0 Å². The first-order chi connectivity index (χ1) is 11.1. The Labute approximate surface area is 134 Å². The van der Waals surface area contributed by atoms with Crippen molar-refractivity contribution >= 4 is 23.2 Å². The highest BCUT2D eigenvalue weighted by Crippen LogP contribution is 2.19. The molecule has 8 nitrogen and oxygen atoms in total. The van der Waals surface area contributed by atoms with Crippen molar-refractivity contribution in [2.45, 2.75) is 6.92 Å². The summed E-state index contributed by atoms with van der Waals surface area (Å²) in [5, 5.41) is 9.54. The molecule has 3 rings (SSSR count). The normalized spacial score (nSPS) is 14.6. The van der Waals surface area contributed by atoms with E-state index in [1.165, 1.54) is 0 Å². The molecule has 1 saturated heterocycles. The smallest absolute Gasteiger partial charge is 0.323 e. The van der Waals surface area contributed by atoms with E-state index in [2.05, 4.69) is 25.6 Å². The molecule has 8 heteroatoms. The predicted molar refractivity (Wildman–Crippen MR) is 87.9 cm³/mol. The fraction of sp³-hybridized carbons (Fsp3) is 0.400. The van der Waals surface area contributed by atoms with Crippen molar-refractivity contribution in [2.24, 2.45) is 7.05 Å². The molecule has 2 N–H and O–H groups in total. The molecular formula is C15H20N6O2. The van der Waals surface area contributed by atoms with Crippen molar-refractivity contribution in [3.63, 3.8) is 0 Å². The lowest BCUT2D eigenvalue weighted by molar-refractivity contribution is 0.122. The summed E-state index contributed by atoms with van der Waals surface area (Å²) in [5.41, 5.74) is 2.10. The summed E-state index contributed by atoms with van der Waals surface area (Å²) in [7, 11) is 1.79. The lowest BCUT2D eigenvalue weighted by Gasteiger charge is -2.28. The maximum atomic E-state index is 12.0. The molecule has 1 fully saturated rings. The zero-order valence-corrected chi connectivity index (χ0v) is 13.2. The topological polar surface area (TPSA) is 84.3 Å². The molecule has 0 saturated carbocycles. The molecule has 0 spiro atoms. The van der Waals surface area contributed by atoms with Crippen LogP contribution in [0.4, 0.5) is 22.0 Å². The predicted octanol–water partition coefficient (Wildman–Crippen LogP) is 1.60. The number of aromatic nitrogens is 3. The molecule has 0 aromatic carbocycles. The molecule has 0 aliphatic carbocycles. The third kappa shape index (κ3) is 3.78. The highest BCUT2D eigenvalue weighted by molar-refractivity contribution is 5.99. The Bertz CT molecular complexity index is 693. The van der Waals surface area contributed by atoms with E-state index < -0.39 is 0 Å². The van der Waals surface area contributed by atoms with Crippen molar-refractivity contribution in [1.29, 1.82) is 0 Å². The van der Waals surface area contributed by atoms with Crippen LogP contribution in [0.5, 0.6) is 0 Å². The number of hydrogen-bond acceptors (Lipinski definition) is 5. The number of hydrogen-bond donors (Lipinski definition) is 2. The van der Waals surface area contributed by atoms with Gasteiger partial charge in [-0.15, -0.1) is 0 Å². The van der Waals surface area contributed by atoms with Crippen LogP contribution in [0.25, 0.3) is 0 Å². The number of pyridine rings is 1. The average molecular weight is 316 g/mol. The standard InChI is InChI=1S/C15H20N6O2/c1-11-13(19-15(22)18-12-9-16-20(2)10-12)3-4-14(17-11)21-5-7-23-8-6-21/h3-4,9-10H,5-8H2,1-2H3,(H2,18,19,22). The summed E-state index contributed by atoms with van der Waals surface area (Å²) in [6, 6.07) is 3.47. The average Bonchev–Trinajstić information content (AvgIpc) is 2.95. The highest BCUT2D eigenvalue weighted by Gasteiger charge is 2.14. The number of aryl methyl sites for hydroxylation is 2. The van der Waals surface area contributed by atoms with Crippen molar-refractivity contribution in [3.05, 3.63) is 30.2 Å². The fourth-order valence-electron chi connectivity index (χ4n) is 2.42. The van der Waals surface area contributed by atoms with E-state index >= 15 is 0 Å². The Morgan fingerprint density at radius 1 is 1.26 bits per heavy atom. The number of amides is 2. The van der Waals surface area contributed by atoms with Crippen molar-refractivity contribution in [1.82, 2.24) is 14.8 Å². The molecule has 2 aromatic heterocycles. The zero-order valence-electron chi connectivity index (χ0n) is 13.2. The second-order valence-corrected chi connectivity index (χ2v) is 5.38. The maximum Gasteiger partial charge on any atom is 0.323 e. The Hall–Kier alpha value is -2.61. The maximum absolute atomic E-state index is 12.0. The van der Waals surface area contributed by atoms with Crippen LogP contribution >= 0.6 is 0 Å². The number of carbonyl (C=O) groups is 1. The number of morpholine rings is 1. The van der Waals surface area contributed by atoms with Crippen LogP contribution in [0, 0.1) is 6.92 Å². The third-order valence-electron chi connectivity index (χ3n) is 3.62. The minimum Gasteiger partial charge on any atom is -0.378 e. The summed E-state index contributed by atoms with van der Waals surface area (Å²) in [5.74, 6) is 0.906. The molecule has 2 aromatic rings. The van der Waals surface area contributed by atoms with Crippen LogP contribution < -0.4 is 15.5 Å². The van der Waals surface area contributed by atoms with Crippen LogP contribution in [-0.4, -0.2) is 47.1 Å². The van der Waals surface area contributed by atoms with Gasteiger partial charge in [-0.2, -0.15) is 5.10 Å². The van der Waals surface area contributed by atoms with E-state index in [4.69, 9.17) is 4.74 Å². The number of nitrogens with one attached hydrogen (secondary N) is 2. The second kappa shape index (κ2) is 6.66. The summed E-state index contributed by atoms with van der Waals surface area (Å²) in [6.45, 7) is 4.98. The van der Waals surface area contributed by atoms with E-state index in [1.807, 2.05) is 19.1 Å². The van der Waals surface area contributed by atoms with Gasteiger partial charge in [-0.25, -0.2) is 9.78 Å². The molecular weight excluding hydrogens is 296 g/mol. The van der Waals surface area contributed by atoms with Gasteiger partial charge in [0.25, 0.3) is 0 Å². The first-order valence-corrected chi connectivity index (χ1v) is 7.49. The Morgan fingerprint density at radius 2 is 2.04 bits per heavy atom. The van der Waals surface area contributed by atoms with Crippen LogP contribution in [0.2, 0.25) is 0 Å². The lowest BCUT2D eigenvalue weighted by Crippen LogP contribution is -2.36. The number of urea groups is 1. The van der Waals surface area contributed by atoms with Gasteiger partial charge in [-0.05, 0) is 19.1 Å². The third-order valence-corrected chi connectivity index (χ3v) is 3.62. The minimum atomic E-state index is -0.318. The highest BCUT2D eigenvalue weighted by atomic mass is 16.5. The zero-order chi connectivity index (χ0) is 16.2. The molecule has 0 unspecified atom stereocenters. The van der Waals surface area contributed by atoms with Gasteiger partial charge in [0.05, 0.1) is 36.5 Å². The molecule has 1 aliphatic heterocycles. The Kier molecular flexibility index (Phi) is 4.42. The Balaban J connectivity index is 1.64. The molecule has 23 heavy (non-hydrogen) atoms. The largest absolute Gasteiger partial charge is 0.378 e. The summed E-state index contributed by atoms with van der Waals surface area (Å²) < 4.78 is 6.97. The van der Waals surface area contributed by atoms with Gasteiger partial charge in [0.15, 0.2) is 0 Å². The number of nitrogens with zero attached hydrogens (tertiary/aromatic N) is 4. The fourth-order valence-corrected chi connectivity index (χ4v) is 2.42. The monoisotopic (exact) mass is 316 g/mol. The first kappa shape index (κ1) is 15.3. The van der Waals surface area contributed by atoms with Gasteiger partial charge < -0.3 is 20.3 Å². The summed E-state index contributed by atoms with van der Waals surface area (Å²) in [4.78, 5) is 18.8. The van der Waals surface area contributed by atoms with Gasteiger partial charge >= 0.3 is 6.03 Å². The quantitative estimate of drug-likeness (QED) is 0.898. The minimum absolute atomic E-state index is 0.318. The van der Waals surface area contributed by atoms with Crippen molar-refractivity contribution in [2.75, 3.05) is 41.8 Å². The van der Waals surface area contributed by atoms with Crippen molar-refractivity contribution in [3.8, 4) is 0 Å². The summed E-state index contributed by atoms with van der Waals surface area (Å²) >= 11 is 0. The number of carbonyl (C=O) groups excluding carboxylic acids is 1. The van der Waals surface area contributed by atoms with E-state index in [0.29, 0.717) is 24.6 Å². The van der Waals surface area contributed by atoms with Crippen LogP contribution in [0.3, 0.4) is 0 Å². The number of rotatable bonds is 3. The molecule has 2 amide bonds. The molecule has 0 bridgehead atoms. The van der Waals surface area contributed by atoms with Crippen LogP contribution in [-0.2, 0) is 11.8 Å². The van der Waals surface area contributed by atoms with Crippen LogP contribution in [0.1, 0.15) is 5.69 Å². The van der Waals surface area contributed by atoms with Gasteiger partial charge in [0.2, 0.25) is 0 Å². The van der Waals surface area contributed by atoms with Gasteiger partial charge in [-0.3, -0.25) is 4.68 Å². The molecule has 1 aliphatic rings. The molecule has 0 atom stereocenters. The molecule has 3 heterocycles. The SMILES string of the molecule is Cc1nc(N2CCOCC2)ccc1NC(=O)Nc1cnn(C)c1. The van der Waals surface area contributed by atoms with Gasteiger partial charge in [0.1, 0.15) is 5.82 Å². The van der Waals surface area contributed by atoms with E-state index in [0.717, 1.165) is 24.6 Å². The molecule has 122 valence electrons. The lowest BCUT2D eigenvalue weighted by atomic mass is 10.3. The van der Waals surface area contributed by atoms with Crippen molar-refractivity contribution < 1.29 is 9.53 Å². The first-order valence-electron chi connectivity index (χ1n) is 7.49. The van der Waals surface area contributed by atoms with E-state index in [-0.39, 0.29) is 6.03 Å². The van der Waals surface area contributed by atoms with Crippen LogP contribution in [0.15, 0.2) is 24.5 Å². The number of ether oxygens (including phenoxy) is 1. The molecule has 0 radical (unpaired) electrons. The van der Waals surface area contributed by atoms with E-state index in [9.17, 15) is 4.79 Å².